The number of anilines is 1. The number of fused-ring (bicyclic) bond motifs is 1. The van der Waals surface area contributed by atoms with Crippen LogP contribution in [0.2, 0.25) is 0 Å². The van der Waals surface area contributed by atoms with Crippen molar-refractivity contribution in [2.24, 2.45) is 0 Å². The van der Waals surface area contributed by atoms with Crippen LogP contribution in [-0.2, 0) is 0 Å². The molecule has 3 rings (SSSR count). The molecule has 21 heavy (non-hydrogen) atoms. The van der Waals surface area contributed by atoms with Crippen molar-refractivity contribution in [1.29, 1.82) is 0 Å². The zero-order valence-electron chi connectivity index (χ0n) is 12.6. The molecule has 5 nitrogen and oxygen atoms in total. The maximum Gasteiger partial charge on any atom is 0.256 e. The number of nitrogens with zero attached hydrogens (tertiary/aromatic N) is 1. The largest absolute Gasteiger partial charge is 0.358 e. The molecule has 3 N–H and O–H groups in total. The van der Waals surface area contributed by atoms with Gasteiger partial charge < -0.3 is 10.3 Å². The first kappa shape index (κ1) is 13.4. The summed E-state index contributed by atoms with van der Waals surface area (Å²) in [4.78, 5) is 15.7. The van der Waals surface area contributed by atoms with Crippen LogP contribution in [0, 0.1) is 27.7 Å². The van der Waals surface area contributed by atoms with E-state index in [0.29, 0.717) is 11.4 Å². The van der Waals surface area contributed by atoms with Crippen molar-refractivity contribution in [3.63, 3.8) is 0 Å². The summed E-state index contributed by atoms with van der Waals surface area (Å²) in [6, 6.07) is 5.67. The molecule has 0 aliphatic carbocycles. The number of aromatic nitrogens is 3. The van der Waals surface area contributed by atoms with Crippen molar-refractivity contribution in [3.8, 4) is 0 Å². The number of carbonyl (C=O) groups excluding carboxylic acids is 1. The molecule has 0 unspecified atom stereocenters. The average molecular weight is 282 g/mol. The molecule has 1 aromatic carbocycles. The second kappa shape index (κ2) is 4.77. The first-order chi connectivity index (χ1) is 9.97. The van der Waals surface area contributed by atoms with E-state index in [1.54, 1.807) is 0 Å². The van der Waals surface area contributed by atoms with Crippen molar-refractivity contribution >= 4 is 22.6 Å². The molecule has 1 amide bonds. The summed E-state index contributed by atoms with van der Waals surface area (Å²) >= 11 is 0. The number of hydrogen-bond donors (Lipinski definition) is 3. The number of rotatable bonds is 2. The van der Waals surface area contributed by atoms with Crippen molar-refractivity contribution in [2.75, 3.05) is 5.32 Å². The highest BCUT2D eigenvalue weighted by Crippen LogP contribution is 2.23. The minimum absolute atomic E-state index is 0.148. The molecule has 0 radical (unpaired) electrons. The zero-order valence-corrected chi connectivity index (χ0v) is 12.6. The summed E-state index contributed by atoms with van der Waals surface area (Å²) in [5, 5.41) is 10.9. The normalized spacial score (nSPS) is 11.0. The van der Waals surface area contributed by atoms with Gasteiger partial charge in [-0.1, -0.05) is 0 Å². The lowest BCUT2D eigenvalue weighted by Crippen LogP contribution is -2.12. The predicted octanol–water partition coefficient (Wildman–Crippen LogP) is 3.38. The Bertz CT molecular complexity index is 841. The van der Waals surface area contributed by atoms with Gasteiger partial charge >= 0.3 is 0 Å². The van der Waals surface area contributed by atoms with Gasteiger partial charge in [0.05, 0.1) is 0 Å². The fourth-order valence-corrected chi connectivity index (χ4v) is 2.39. The zero-order chi connectivity index (χ0) is 15.1. The van der Waals surface area contributed by atoms with E-state index in [1.807, 2.05) is 39.0 Å². The number of aryl methyl sites for hydroxylation is 3. The molecule has 2 heterocycles. The highest BCUT2D eigenvalue weighted by atomic mass is 16.1. The smallest absolute Gasteiger partial charge is 0.256 e. The minimum atomic E-state index is -0.148. The Hall–Kier alpha value is -2.56. The van der Waals surface area contributed by atoms with Crippen LogP contribution >= 0.6 is 0 Å². The van der Waals surface area contributed by atoms with Crippen LogP contribution in [-0.4, -0.2) is 21.1 Å². The van der Waals surface area contributed by atoms with Crippen LogP contribution in [0.1, 0.15) is 32.9 Å². The van der Waals surface area contributed by atoms with E-state index in [-0.39, 0.29) is 5.91 Å². The van der Waals surface area contributed by atoms with Gasteiger partial charge in [-0.2, -0.15) is 5.10 Å². The number of H-pyrrole nitrogens is 2. The van der Waals surface area contributed by atoms with Crippen molar-refractivity contribution in [2.45, 2.75) is 27.7 Å². The lowest BCUT2D eigenvalue weighted by atomic mass is 10.1. The number of hydrogen-bond acceptors (Lipinski definition) is 2. The molecule has 108 valence electrons. The second-order valence-corrected chi connectivity index (χ2v) is 5.41. The Morgan fingerprint density at radius 2 is 1.86 bits per heavy atom. The quantitative estimate of drug-likeness (QED) is 0.674. The third-order valence-electron chi connectivity index (χ3n) is 4.06. The van der Waals surface area contributed by atoms with Crippen molar-refractivity contribution in [3.05, 3.63) is 46.3 Å². The van der Waals surface area contributed by atoms with Gasteiger partial charge in [0.25, 0.3) is 5.91 Å². The molecule has 0 bridgehead atoms. The van der Waals surface area contributed by atoms with E-state index >= 15 is 0 Å². The Kier molecular flexibility index (Phi) is 3.05. The van der Waals surface area contributed by atoms with E-state index in [4.69, 9.17) is 0 Å². The molecular formula is C16H18N4O. The maximum absolute atomic E-state index is 12.4. The number of aromatic amines is 2. The monoisotopic (exact) mass is 282 g/mol. The van der Waals surface area contributed by atoms with Gasteiger partial charge in [0.15, 0.2) is 5.82 Å². The highest BCUT2D eigenvalue weighted by molar-refractivity contribution is 6.06. The molecule has 0 spiro atoms. The van der Waals surface area contributed by atoms with Crippen LogP contribution in [0.5, 0.6) is 0 Å². The predicted molar refractivity (Wildman–Crippen MR) is 83.8 cm³/mol. The topological polar surface area (TPSA) is 73.6 Å². The number of amides is 1. The summed E-state index contributed by atoms with van der Waals surface area (Å²) in [5.74, 6) is 0.435. The van der Waals surface area contributed by atoms with Crippen molar-refractivity contribution < 1.29 is 4.79 Å². The van der Waals surface area contributed by atoms with Gasteiger partial charge in [-0.05, 0) is 51.5 Å². The number of benzene rings is 1. The summed E-state index contributed by atoms with van der Waals surface area (Å²) in [7, 11) is 0. The summed E-state index contributed by atoms with van der Waals surface area (Å²) < 4.78 is 0. The minimum Gasteiger partial charge on any atom is -0.358 e. The average Bonchev–Trinajstić information content (AvgIpc) is 2.93. The van der Waals surface area contributed by atoms with Crippen LogP contribution < -0.4 is 5.32 Å². The fraction of sp³-hybridized carbons (Fsp3) is 0.250. The van der Waals surface area contributed by atoms with Crippen LogP contribution in [0.25, 0.3) is 10.9 Å². The first-order valence-electron chi connectivity index (χ1n) is 6.89. The summed E-state index contributed by atoms with van der Waals surface area (Å²) in [6.07, 6.45) is 0. The standard InChI is InChI=1S/C16H18N4O/c1-8-10(3)17-14-6-5-12(7-13(8)14)16(21)18-15-9(2)11(4)19-20-15/h5-7,17H,1-4H3,(H2,18,19,20,21). The molecular weight excluding hydrogens is 264 g/mol. The van der Waals surface area contributed by atoms with E-state index in [1.165, 1.54) is 5.56 Å². The molecule has 0 saturated heterocycles. The molecule has 0 atom stereocenters. The lowest BCUT2D eigenvalue weighted by Gasteiger charge is -2.04. The van der Waals surface area contributed by atoms with Gasteiger partial charge in [-0.25, -0.2) is 0 Å². The molecule has 3 aromatic rings. The van der Waals surface area contributed by atoms with Crippen LogP contribution in [0.4, 0.5) is 5.82 Å². The SMILES string of the molecule is Cc1[nH]nc(NC(=O)c2ccc3[nH]c(C)c(C)c3c2)c1C. The molecule has 0 aliphatic heterocycles. The summed E-state index contributed by atoms with van der Waals surface area (Å²) in [5.41, 5.74) is 5.89. The van der Waals surface area contributed by atoms with Gasteiger partial charge in [0, 0.05) is 33.4 Å². The Morgan fingerprint density at radius 3 is 2.52 bits per heavy atom. The first-order valence-corrected chi connectivity index (χ1v) is 6.89. The fourth-order valence-electron chi connectivity index (χ4n) is 2.39. The van der Waals surface area contributed by atoms with Crippen LogP contribution in [0.3, 0.4) is 0 Å². The molecule has 5 heteroatoms. The Balaban J connectivity index is 1.94. The van der Waals surface area contributed by atoms with E-state index in [9.17, 15) is 4.79 Å². The van der Waals surface area contributed by atoms with Gasteiger partial charge in [0.1, 0.15) is 0 Å². The second-order valence-electron chi connectivity index (χ2n) is 5.41. The number of nitrogens with one attached hydrogen (secondary N) is 3. The highest BCUT2D eigenvalue weighted by Gasteiger charge is 2.13. The lowest BCUT2D eigenvalue weighted by molar-refractivity contribution is 0.102. The van der Waals surface area contributed by atoms with Crippen LogP contribution in [0.15, 0.2) is 18.2 Å². The van der Waals surface area contributed by atoms with Crippen molar-refractivity contribution in [1.82, 2.24) is 15.2 Å². The van der Waals surface area contributed by atoms with E-state index < -0.39 is 0 Å². The van der Waals surface area contributed by atoms with Gasteiger partial charge in [0.2, 0.25) is 0 Å². The van der Waals surface area contributed by atoms with E-state index in [0.717, 1.165) is 27.9 Å². The molecule has 2 aromatic heterocycles. The van der Waals surface area contributed by atoms with Gasteiger partial charge in [-0.3, -0.25) is 9.89 Å². The van der Waals surface area contributed by atoms with E-state index in [2.05, 4.69) is 27.4 Å². The Labute approximate surface area is 122 Å². The maximum atomic E-state index is 12.4. The molecule has 0 saturated carbocycles. The van der Waals surface area contributed by atoms with Gasteiger partial charge in [-0.15, -0.1) is 0 Å². The Morgan fingerprint density at radius 1 is 1.10 bits per heavy atom. The third kappa shape index (κ3) is 2.20. The third-order valence-corrected chi connectivity index (χ3v) is 4.06. The molecule has 0 aliphatic rings. The molecule has 0 fully saturated rings. The summed E-state index contributed by atoms with van der Waals surface area (Å²) in [6.45, 7) is 7.94. The number of carbonyl (C=O) groups is 1.